The topological polar surface area (TPSA) is 12.0 Å². The van der Waals surface area contributed by atoms with Gasteiger partial charge in [-0.2, -0.15) is 0 Å². The van der Waals surface area contributed by atoms with Gasteiger partial charge in [0, 0.05) is 6.04 Å². The predicted molar refractivity (Wildman–Crippen MR) is 81.9 cm³/mol. The molecule has 3 atom stereocenters. The highest BCUT2D eigenvalue weighted by Gasteiger charge is 2.27. The van der Waals surface area contributed by atoms with Crippen LogP contribution in [0.1, 0.15) is 72.1 Å². The van der Waals surface area contributed by atoms with E-state index in [1.807, 2.05) is 0 Å². The van der Waals surface area contributed by atoms with E-state index in [1.165, 1.54) is 50.5 Å². The fraction of sp³-hybridized carbons (Fsp3) is 0.882. The Kier molecular flexibility index (Phi) is 7.65. The van der Waals surface area contributed by atoms with E-state index in [0.29, 0.717) is 6.04 Å². The zero-order valence-corrected chi connectivity index (χ0v) is 12.8. The van der Waals surface area contributed by atoms with Crippen LogP contribution in [0.5, 0.6) is 0 Å². The van der Waals surface area contributed by atoms with Gasteiger partial charge in [0.25, 0.3) is 0 Å². The lowest BCUT2D eigenvalue weighted by molar-refractivity contribution is 0.207. The van der Waals surface area contributed by atoms with Gasteiger partial charge in [0.2, 0.25) is 0 Å². The molecule has 1 aliphatic rings. The molecule has 0 aromatic heterocycles. The molecule has 1 aliphatic carbocycles. The first-order valence-electron chi connectivity index (χ1n) is 8.11. The number of hydrogen-bond acceptors (Lipinski definition) is 1. The first-order chi connectivity index (χ1) is 8.71. The lowest BCUT2D eigenvalue weighted by atomic mass is 9.75. The summed E-state index contributed by atoms with van der Waals surface area (Å²) in [5.41, 5.74) is 1.42. The highest BCUT2D eigenvalue weighted by Crippen LogP contribution is 2.34. The Balaban J connectivity index is 2.53. The van der Waals surface area contributed by atoms with Crippen LogP contribution in [0.3, 0.4) is 0 Å². The normalized spacial score (nSPS) is 25.9. The number of nitrogens with one attached hydrogen (secondary N) is 1. The van der Waals surface area contributed by atoms with Crippen LogP contribution < -0.4 is 5.32 Å². The van der Waals surface area contributed by atoms with Gasteiger partial charge in [0.1, 0.15) is 0 Å². The van der Waals surface area contributed by atoms with Crippen molar-refractivity contribution < 1.29 is 0 Å². The van der Waals surface area contributed by atoms with E-state index in [4.69, 9.17) is 0 Å². The minimum Gasteiger partial charge on any atom is -0.313 e. The van der Waals surface area contributed by atoms with Crippen LogP contribution in [0.4, 0.5) is 0 Å². The number of hydrogen-bond donors (Lipinski definition) is 1. The molecule has 0 aromatic rings. The molecule has 1 N–H and O–H groups in total. The van der Waals surface area contributed by atoms with Crippen LogP contribution in [-0.2, 0) is 0 Å². The second kappa shape index (κ2) is 8.74. The minimum atomic E-state index is 0.687. The molecular formula is C17H33N. The van der Waals surface area contributed by atoms with Gasteiger partial charge in [-0.25, -0.2) is 0 Å². The third kappa shape index (κ3) is 5.14. The Morgan fingerprint density at radius 2 is 2.06 bits per heavy atom. The van der Waals surface area contributed by atoms with E-state index < -0.39 is 0 Å². The van der Waals surface area contributed by atoms with Gasteiger partial charge < -0.3 is 5.32 Å². The van der Waals surface area contributed by atoms with Crippen molar-refractivity contribution in [3.63, 3.8) is 0 Å². The quantitative estimate of drug-likeness (QED) is 0.603. The summed E-state index contributed by atoms with van der Waals surface area (Å²) < 4.78 is 0. The van der Waals surface area contributed by atoms with Crippen LogP contribution in [0.15, 0.2) is 12.2 Å². The fourth-order valence-electron chi connectivity index (χ4n) is 3.26. The average molecular weight is 251 g/mol. The van der Waals surface area contributed by atoms with E-state index in [9.17, 15) is 0 Å². The average Bonchev–Trinajstić information content (AvgIpc) is 2.43. The van der Waals surface area contributed by atoms with Crippen molar-refractivity contribution in [2.24, 2.45) is 11.8 Å². The van der Waals surface area contributed by atoms with E-state index in [-0.39, 0.29) is 0 Å². The maximum Gasteiger partial charge on any atom is 0.0132 e. The van der Waals surface area contributed by atoms with Crippen molar-refractivity contribution in [3.05, 3.63) is 12.2 Å². The predicted octanol–water partition coefficient (Wildman–Crippen LogP) is 4.93. The first kappa shape index (κ1) is 15.8. The first-order valence-corrected chi connectivity index (χ1v) is 8.11. The summed E-state index contributed by atoms with van der Waals surface area (Å²) in [5.74, 6) is 1.86. The Labute approximate surface area is 114 Å². The third-order valence-corrected chi connectivity index (χ3v) is 4.63. The maximum absolute atomic E-state index is 4.22. The van der Waals surface area contributed by atoms with E-state index in [0.717, 1.165) is 24.8 Å². The lowest BCUT2D eigenvalue weighted by Gasteiger charge is -2.35. The molecule has 1 saturated carbocycles. The SMILES string of the molecule is C=C(CC)CC(NCCC)C1CCCC(CC)C1. The lowest BCUT2D eigenvalue weighted by Crippen LogP contribution is -2.39. The van der Waals surface area contributed by atoms with Crippen LogP contribution in [-0.4, -0.2) is 12.6 Å². The van der Waals surface area contributed by atoms with Gasteiger partial charge in [0.15, 0.2) is 0 Å². The van der Waals surface area contributed by atoms with Crippen molar-refractivity contribution >= 4 is 0 Å². The van der Waals surface area contributed by atoms with Gasteiger partial charge in [-0.3, -0.25) is 0 Å². The third-order valence-electron chi connectivity index (χ3n) is 4.63. The van der Waals surface area contributed by atoms with Crippen molar-refractivity contribution in [2.75, 3.05) is 6.54 Å². The van der Waals surface area contributed by atoms with Gasteiger partial charge in [0.05, 0.1) is 0 Å². The monoisotopic (exact) mass is 251 g/mol. The van der Waals surface area contributed by atoms with Crippen molar-refractivity contribution in [1.29, 1.82) is 0 Å². The summed E-state index contributed by atoms with van der Waals surface area (Å²) >= 11 is 0. The van der Waals surface area contributed by atoms with Crippen LogP contribution >= 0.6 is 0 Å². The molecular weight excluding hydrogens is 218 g/mol. The van der Waals surface area contributed by atoms with Crippen molar-refractivity contribution in [2.45, 2.75) is 78.2 Å². The summed E-state index contributed by atoms with van der Waals surface area (Å²) in [5, 5.41) is 3.79. The van der Waals surface area contributed by atoms with E-state index in [2.05, 4.69) is 32.7 Å². The smallest absolute Gasteiger partial charge is 0.0132 e. The molecule has 0 bridgehead atoms. The molecule has 0 spiro atoms. The molecule has 18 heavy (non-hydrogen) atoms. The standard InChI is InChI=1S/C17H33N/c1-5-11-18-17(12-14(4)6-2)16-10-8-9-15(7-3)13-16/h15-18H,4-13H2,1-3H3. The highest BCUT2D eigenvalue weighted by molar-refractivity contribution is 4.99. The van der Waals surface area contributed by atoms with E-state index >= 15 is 0 Å². The summed E-state index contributed by atoms with van der Waals surface area (Å²) in [6.45, 7) is 12.2. The zero-order valence-electron chi connectivity index (χ0n) is 12.8. The molecule has 0 heterocycles. The molecule has 1 heteroatoms. The highest BCUT2D eigenvalue weighted by atomic mass is 14.9. The summed E-state index contributed by atoms with van der Waals surface area (Å²) in [7, 11) is 0. The molecule has 3 unspecified atom stereocenters. The maximum atomic E-state index is 4.22. The Morgan fingerprint density at radius 3 is 2.67 bits per heavy atom. The Bertz CT molecular complexity index is 234. The second-order valence-electron chi connectivity index (χ2n) is 6.07. The second-order valence-corrected chi connectivity index (χ2v) is 6.07. The van der Waals surface area contributed by atoms with Gasteiger partial charge in [-0.1, -0.05) is 52.2 Å². The summed E-state index contributed by atoms with van der Waals surface area (Å²) in [6.07, 6.45) is 10.7. The molecule has 1 rings (SSSR count). The Hall–Kier alpha value is -0.300. The molecule has 106 valence electrons. The molecule has 0 aliphatic heterocycles. The Morgan fingerprint density at radius 1 is 1.28 bits per heavy atom. The van der Waals surface area contributed by atoms with Crippen molar-refractivity contribution in [1.82, 2.24) is 5.32 Å². The molecule has 1 fully saturated rings. The zero-order chi connectivity index (χ0) is 13.4. The fourth-order valence-corrected chi connectivity index (χ4v) is 3.26. The number of rotatable bonds is 8. The molecule has 0 aromatic carbocycles. The largest absolute Gasteiger partial charge is 0.313 e. The molecule has 0 amide bonds. The molecule has 0 radical (unpaired) electrons. The van der Waals surface area contributed by atoms with Crippen LogP contribution in [0.2, 0.25) is 0 Å². The summed E-state index contributed by atoms with van der Waals surface area (Å²) in [6, 6.07) is 0.687. The van der Waals surface area contributed by atoms with Gasteiger partial charge in [-0.05, 0) is 50.5 Å². The van der Waals surface area contributed by atoms with Gasteiger partial charge in [-0.15, -0.1) is 0 Å². The van der Waals surface area contributed by atoms with E-state index in [1.54, 1.807) is 0 Å². The van der Waals surface area contributed by atoms with Crippen molar-refractivity contribution in [3.8, 4) is 0 Å². The van der Waals surface area contributed by atoms with Crippen LogP contribution in [0.25, 0.3) is 0 Å². The molecule has 1 nitrogen and oxygen atoms in total. The van der Waals surface area contributed by atoms with Crippen LogP contribution in [0, 0.1) is 11.8 Å². The summed E-state index contributed by atoms with van der Waals surface area (Å²) in [4.78, 5) is 0. The minimum absolute atomic E-state index is 0.687. The molecule has 0 saturated heterocycles. The van der Waals surface area contributed by atoms with Gasteiger partial charge >= 0.3 is 0 Å².